The molecule has 0 saturated carbocycles. The van der Waals surface area contributed by atoms with Crippen LogP contribution in [0.25, 0.3) is 0 Å². The second-order valence-electron chi connectivity index (χ2n) is 5.69. The van der Waals surface area contributed by atoms with Gasteiger partial charge in [-0.25, -0.2) is 4.98 Å². The second kappa shape index (κ2) is 10.3. The maximum atomic E-state index is 11.2. The summed E-state index contributed by atoms with van der Waals surface area (Å²) < 4.78 is 27.9. The van der Waals surface area contributed by atoms with E-state index >= 15 is 0 Å². The van der Waals surface area contributed by atoms with Crippen molar-refractivity contribution in [1.82, 2.24) is 4.98 Å². The molecular weight excluding hydrogens is 370 g/mol. The van der Waals surface area contributed by atoms with E-state index in [9.17, 15) is 9.13 Å². The Morgan fingerprint density at radius 2 is 1.64 bits per heavy atom. The molecule has 0 saturated heterocycles. The summed E-state index contributed by atoms with van der Waals surface area (Å²) in [5, 5.41) is 2.09. The average molecular weight is 396 g/mol. The molecule has 1 aromatic heterocycles. The summed E-state index contributed by atoms with van der Waals surface area (Å²) in [5.74, 6) is 0.409. The zero-order valence-electron chi connectivity index (χ0n) is 14.1. The van der Waals surface area contributed by atoms with Crippen molar-refractivity contribution in [3.05, 3.63) is 18.3 Å². The van der Waals surface area contributed by atoms with Crippen molar-refractivity contribution in [2.75, 3.05) is 11.9 Å². The Morgan fingerprint density at radius 3 is 2.16 bits per heavy atom. The van der Waals surface area contributed by atoms with Crippen LogP contribution in [0.1, 0.15) is 45.4 Å². The van der Waals surface area contributed by atoms with Crippen LogP contribution in [-0.4, -0.2) is 36.7 Å². The normalized spacial score (nSPS) is 12.4. The summed E-state index contributed by atoms with van der Waals surface area (Å²) in [6.07, 6.45) is 8.16. The first kappa shape index (κ1) is 22.1. The third kappa shape index (κ3) is 8.81. The number of unbranched alkanes of at least 4 members (excludes halogenated alkanes) is 5. The molecule has 0 aliphatic rings. The van der Waals surface area contributed by atoms with Crippen molar-refractivity contribution in [2.45, 2.75) is 51.0 Å². The van der Waals surface area contributed by atoms with Crippen LogP contribution in [0, 0.1) is 0 Å². The first-order chi connectivity index (χ1) is 11.6. The molecule has 0 amide bonds. The topological polar surface area (TPSA) is 149 Å². The molecule has 1 heterocycles. The van der Waals surface area contributed by atoms with E-state index in [0.29, 0.717) is 12.4 Å². The van der Waals surface area contributed by atoms with Gasteiger partial charge in [-0.15, -0.1) is 0 Å². The minimum Gasteiger partial charge on any atom is -0.492 e. The van der Waals surface area contributed by atoms with E-state index in [1.165, 1.54) is 44.0 Å². The highest BCUT2D eigenvalue weighted by molar-refractivity contribution is 7.71. The van der Waals surface area contributed by atoms with Crippen LogP contribution >= 0.6 is 15.2 Å². The van der Waals surface area contributed by atoms with Crippen LogP contribution in [-0.2, 0) is 9.13 Å². The van der Waals surface area contributed by atoms with Crippen molar-refractivity contribution in [1.29, 1.82) is 0 Å². The zero-order valence-corrected chi connectivity index (χ0v) is 15.9. The Labute approximate surface area is 147 Å². The molecular formula is C14H26N2O7P2. The molecule has 9 nitrogen and oxygen atoms in total. The summed E-state index contributed by atoms with van der Waals surface area (Å²) in [5.41, 5.74) is -2.33. The molecule has 1 rings (SSSR count). The first-order valence-electron chi connectivity index (χ1n) is 8.10. The number of nitrogens with zero attached hydrogens (tertiary/aromatic N) is 1. The molecule has 5 N–H and O–H groups in total. The molecule has 1 aromatic rings. The molecule has 25 heavy (non-hydrogen) atoms. The van der Waals surface area contributed by atoms with Crippen molar-refractivity contribution >= 4 is 21.0 Å². The van der Waals surface area contributed by atoms with Crippen molar-refractivity contribution < 1.29 is 33.4 Å². The molecule has 11 heteroatoms. The van der Waals surface area contributed by atoms with E-state index in [2.05, 4.69) is 17.2 Å². The van der Waals surface area contributed by atoms with Gasteiger partial charge in [0.05, 0.1) is 12.8 Å². The molecule has 0 atom stereocenters. The summed E-state index contributed by atoms with van der Waals surface area (Å²) in [6, 6.07) is 2.86. The molecule has 144 valence electrons. The summed E-state index contributed by atoms with van der Waals surface area (Å²) in [4.78, 5) is 40.1. The van der Waals surface area contributed by atoms with Crippen molar-refractivity contribution in [3.63, 3.8) is 0 Å². The third-order valence-electron chi connectivity index (χ3n) is 3.42. The number of ether oxygens (including phenoxy) is 1. The van der Waals surface area contributed by atoms with E-state index in [-0.39, 0.29) is 5.82 Å². The summed E-state index contributed by atoms with van der Waals surface area (Å²) in [6.45, 7) is 2.70. The largest absolute Gasteiger partial charge is 0.492 e. The SMILES string of the molecule is CCCCCCCCOc1ccc(NC(P(=O)(O)O)P(=O)(O)O)nc1. The smallest absolute Gasteiger partial charge is 0.360 e. The summed E-state index contributed by atoms with van der Waals surface area (Å²) >= 11 is 0. The lowest BCUT2D eigenvalue weighted by atomic mass is 10.1. The van der Waals surface area contributed by atoms with Crippen LogP contribution in [0.4, 0.5) is 5.82 Å². The van der Waals surface area contributed by atoms with Crippen LogP contribution in [0.15, 0.2) is 18.3 Å². The quantitative estimate of drug-likeness (QED) is 0.265. The molecule has 0 radical (unpaired) electrons. The minimum absolute atomic E-state index is 0.0661. The molecule has 0 aliphatic carbocycles. The second-order valence-corrected chi connectivity index (χ2v) is 9.49. The van der Waals surface area contributed by atoms with Gasteiger partial charge in [-0.2, -0.15) is 0 Å². The number of hydrogen-bond donors (Lipinski definition) is 5. The average Bonchev–Trinajstić information content (AvgIpc) is 2.51. The maximum absolute atomic E-state index is 11.2. The predicted octanol–water partition coefficient (Wildman–Crippen LogP) is 2.87. The van der Waals surface area contributed by atoms with Gasteiger partial charge < -0.3 is 29.6 Å². The number of rotatable bonds is 12. The predicted molar refractivity (Wildman–Crippen MR) is 94.6 cm³/mol. The third-order valence-corrected chi connectivity index (χ3v) is 6.75. The Kier molecular flexibility index (Phi) is 9.07. The Hall–Kier alpha value is -0.950. The van der Waals surface area contributed by atoms with Gasteiger partial charge in [0.2, 0.25) is 5.52 Å². The van der Waals surface area contributed by atoms with E-state index < -0.39 is 20.7 Å². The molecule has 0 aliphatic heterocycles. The number of aromatic nitrogens is 1. The molecule has 0 bridgehead atoms. The fourth-order valence-corrected chi connectivity index (χ4v) is 4.29. The Bertz CT molecular complexity index is 578. The minimum atomic E-state index is -5.05. The van der Waals surface area contributed by atoms with Crippen LogP contribution in [0.2, 0.25) is 0 Å². The lowest BCUT2D eigenvalue weighted by Gasteiger charge is -2.21. The van der Waals surface area contributed by atoms with Gasteiger partial charge in [-0.05, 0) is 18.6 Å². The monoisotopic (exact) mass is 396 g/mol. The zero-order chi connectivity index (χ0) is 18.9. The van der Waals surface area contributed by atoms with Crippen LogP contribution in [0.5, 0.6) is 5.75 Å². The number of nitrogens with one attached hydrogen (secondary N) is 1. The number of pyridine rings is 1. The van der Waals surface area contributed by atoms with Crippen LogP contribution in [0.3, 0.4) is 0 Å². The van der Waals surface area contributed by atoms with Gasteiger partial charge in [0.1, 0.15) is 11.6 Å². The van der Waals surface area contributed by atoms with E-state index in [4.69, 9.17) is 24.3 Å². The van der Waals surface area contributed by atoms with Crippen molar-refractivity contribution in [3.8, 4) is 5.75 Å². The van der Waals surface area contributed by atoms with Gasteiger partial charge in [0.25, 0.3) is 0 Å². The Morgan fingerprint density at radius 1 is 1.04 bits per heavy atom. The van der Waals surface area contributed by atoms with Gasteiger partial charge in [0.15, 0.2) is 0 Å². The fourth-order valence-electron chi connectivity index (χ4n) is 2.12. The molecule has 0 aromatic carbocycles. The first-order valence-corrected chi connectivity index (χ1v) is 11.5. The maximum Gasteiger partial charge on any atom is 0.360 e. The van der Waals surface area contributed by atoms with Gasteiger partial charge in [0, 0.05) is 0 Å². The summed E-state index contributed by atoms with van der Waals surface area (Å²) in [7, 11) is -10.1. The molecule has 0 spiro atoms. The standard InChI is InChI=1S/C14H26N2O7P2/c1-2-3-4-5-6-7-10-23-12-8-9-13(15-11-12)16-14(24(17,18)19)25(20,21)22/h8-9,11,14H,2-7,10H2,1H3,(H,15,16)(H2,17,18,19)(H2,20,21,22). The fraction of sp³-hybridized carbons (Fsp3) is 0.643. The van der Waals surface area contributed by atoms with Gasteiger partial charge in [-0.1, -0.05) is 39.0 Å². The molecule has 0 unspecified atom stereocenters. The highest BCUT2D eigenvalue weighted by Gasteiger charge is 2.43. The van der Waals surface area contributed by atoms with Crippen molar-refractivity contribution in [2.24, 2.45) is 0 Å². The lowest BCUT2D eigenvalue weighted by Crippen LogP contribution is -2.20. The van der Waals surface area contributed by atoms with E-state index in [0.717, 1.165) is 12.8 Å². The van der Waals surface area contributed by atoms with Crippen LogP contribution < -0.4 is 10.1 Å². The van der Waals surface area contributed by atoms with E-state index in [1.54, 1.807) is 0 Å². The lowest BCUT2D eigenvalue weighted by molar-refractivity contribution is 0.303. The highest BCUT2D eigenvalue weighted by atomic mass is 31.2. The van der Waals surface area contributed by atoms with Gasteiger partial charge >= 0.3 is 15.2 Å². The number of anilines is 1. The number of hydrogen-bond acceptors (Lipinski definition) is 5. The Balaban J connectivity index is 2.48. The molecule has 0 fully saturated rings. The van der Waals surface area contributed by atoms with Gasteiger partial charge in [-0.3, -0.25) is 9.13 Å². The highest BCUT2D eigenvalue weighted by Crippen LogP contribution is 2.59. The van der Waals surface area contributed by atoms with E-state index in [1.807, 2.05) is 0 Å².